The normalized spacial score (nSPS) is 11.8. The highest BCUT2D eigenvalue weighted by atomic mass is 32.2. The van der Waals surface area contributed by atoms with Gasteiger partial charge in [0.05, 0.1) is 28.2 Å². The van der Waals surface area contributed by atoms with Gasteiger partial charge < -0.3 is 10.4 Å². The highest BCUT2D eigenvalue weighted by Gasteiger charge is 2.23. The number of amides is 1. The maximum atomic E-state index is 13.2. The highest BCUT2D eigenvalue weighted by molar-refractivity contribution is 7.92. The summed E-state index contributed by atoms with van der Waals surface area (Å²) in [4.78, 5) is 30.9. The van der Waals surface area contributed by atoms with Gasteiger partial charge in [-0.05, 0) is 74.1 Å². The Morgan fingerprint density at radius 3 is 2.44 bits per heavy atom. The van der Waals surface area contributed by atoms with Crippen molar-refractivity contribution in [2.45, 2.75) is 32.2 Å². The first kappa shape index (κ1) is 29.4. The molecule has 0 aliphatic carbocycles. The molecule has 4 rings (SSSR count). The number of nitrogens with zero attached hydrogens (tertiary/aromatic N) is 4. The standard InChI is InChI=1S/C29H32N6O5S/c1-4-30-28(36)24-9-7-8-10-27(24)41(39,40)33-22-13-15-23-25(32-35(29(37)38)26(23)17-22)16-14-21-12-11-20(18-31-21)19-34(5-2)6-3/h7-18,33H,4-6,19H2,1-3H3,(H,30,36)(H,37,38)/b16-14+. The van der Waals surface area contributed by atoms with Gasteiger partial charge in [-0.15, -0.1) is 0 Å². The van der Waals surface area contributed by atoms with Crippen molar-refractivity contribution in [3.63, 3.8) is 0 Å². The van der Waals surface area contributed by atoms with E-state index in [1.54, 1.807) is 31.2 Å². The lowest BCUT2D eigenvalue weighted by atomic mass is 10.1. The first-order valence-corrected chi connectivity index (χ1v) is 14.7. The summed E-state index contributed by atoms with van der Waals surface area (Å²) in [6.45, 7) is 9.00. The summed E-state index contributed by atoms with van der Waals surface area (Å²) >= 11 is 0. The van der Waals surface area contributed by atoms with E-state index in [9.17, 15) is 23.1 Å². The number of carbonyl (C=O) groups is 2. The number of anilines is 1. The van der Waals surface area contributed by atoms with E-state index < -0.39 is 22.0 Å². The summed E-state index contributed by atoms with van der Waals surface area (Å²) in [7, 11) is -4.18. The van der Waals surface area contributed by atoms with Gasteiger partial charge in [0.2, 0.25) is 0 Å². The van der Waals surface area contributed by atoms with E-state index in [2.05, 4.69) is 38.9 Å². The van der Waals surface area contributed by atoms with Crippen LogP contribution < -0.4 is 10.0 Å². The molecular weight excluding hydrogens is 544 g/mol. The molecular formula is C29H32N6O5S. The number of fused-ring (bicyclic) bond motifs is 1. The summed E-state index contributed by atoms with van der Waals surface area (Å²) in [5.41, 5.74) is 2.47. The average Bonchev–Trinajstić information content (AvgIpc) is 3.33. The Kier molecular flexibility index (Phi) is 9.15. The molecule has 0 spiro atoms. The molecule has 0 saturated carbocycles. The van der Waals surface area contributed by atoms with Crippen molar-refractivity contribution in [1.82, 2.24) is 25.0 Å². The fourth-order valence-corrected chi connectivity index (χ4v) is 5.58. The van der Waals surface area contributed by atoms with E-state index in [0.717, 1.165) is 29.9 Å². The molecule has 4 aromatic rings. The monoisotopic (exact) mass is 576 g/mol. The summed E-state index contributed by atoms with van der Waals surface area (Å²) < 4.78 is 29.7. The van der Waals surface area contributed by atoms with Crippen molar-refractivity contribution in [1.29, 1.82) is 0 Å². The van der Waals surface area contributed by atoms with Crippen molar-refractivity contribution in [3.05, 3.63) is 83.3 Å². The maximum absolute atomic E-state index is 13.2. The Hall–Kier alpha value is -4.55. The Balaban J connectivity index is 1.62. The molecule has 2 aromatic carbocycles. The zero-order chi connectivity index (χ0) is 29.6. The zero-order valence-corrected chi connectivity index (χ0v) is 23.9. The van der Waals surface area contributed by atoms with Crippen LogP contribution in [-0.4, -0.2) is 64.8 Å². The molecule has 2 aromatic heterocycles. The highest BCUT2D eigenvalue weighted by Crippen LogP contribution is 2.26. The SMILES string of the molecule is CCNC(=O)c1ccccc1S(=O)(=O)Nc1ccc2c(/C=C/c3ccc(CN(CC)CC)cn3)nn(C(=O)O)c2c1. The van der Waals surface area contributed by atoms with Crippen molar-refractivity contribution in [2.75, 3.05) is 24.4 Å². The minimum absolute atomic E-state index is 0.000579. The molecule has 3 N–H and O–H groups in total. The van der Waals surface area contributed by atoms with Crippen LogP contribution >= 0.6 is 0 Å². The molecule has 0 unspecified atom stereocenters. The van der Waals surface area contributed by atoms with Gasteiger partial charge in [-0.1, -0.05) is 32.0 Å². The molecule has 214 valence electrons. The summed E-state index contributed by atoms with van der Waals surface area (Å²) in [6.07, 6.45) is 3.90. The Morgan fingerprint density at radius 2 is 1.78 bits per heavy atom. The van der Waals surface area contributed by atoms with E-state index >= 15 is 0 Å². The van der Waals surface area contributed by atoms with Crippen LogP contribution in [0, 0.1) is 0 Å². The van der Waals surface area contributed by atoms with E-state index in [4.69, 9.17) is 0 Å². The van der Waals surface area contributed by atoms with Crippen LogP contribution in [-0.2, 0) is 16.6 Å². The van der Waals surface area contributed by atoms with Crippen LogP contribution in [0.2, 0.25) is 0 Å². The Bertz CT molecular complexity index is 1690. The minimum atomic E-state index is -4.18. The molecule has 0 saturated heterocycles. The third-order valence-corrected chi connectivity index (χ3v) is 7.90. The number of nitrogens with one attached hydrogen (secondary N) is 2. The van der Waals surface area contributed by atoms with Gasteiger partial charge in [0.1, 0.15) is 4.90 Å². The molecule has 0 bridgehead atoms. The molecule has 1 amide bonds. The first-order valence-electron chi connectivity index (χ1n) is 13.2. The molecule has 0 radical (unpaired) electrons. The van der Waals surface area contributed by atoms with Gasteiger partial charge in [0.25, 0.3) is 15.9 Å². The predicted molar refractivity (Wildman–Crippen MR) is 158 cm³/mol. The fourth-order valence-electron chi connectivity index (χ4n) is 4.32. The predicted octanol–water partition coefficient (Wildman–Crippen LogP) is 4.52. The number of carbonyl (C=O) groups excluding carboxylic acids is 1. The number of sulfonamides is 1. The third kappa shape index (κ3) is 6.79. The number of rotatable bonds is 11. The topological polar surface area (TPSA) is 147 Å². The quantitative estimate of drug-likeness (QED) is 0.236. The fraction of sp³-hybridized carbons (Fsp3) is 0.241. The van der Waals surface area contributed by atoms with Crippen molar-refractivity contribution in [3.8, 4) is 0 Å². The molecule has 11 nitrogen and oxygen atoms in total. The smallest absolute Gasteiger partial charge is 0.432 e. The maximum Gasteiger partial charge on any atom is 0.432 e. The van der Waals surface area contributed by atoms with Gasteiger partial charge in [0, 0.05) is 24.7 Å². The van der Waals surface area contributed by atoms with Gasteiger partial charge in [-0.2, -0.15) is 9.78 Å². The van der Waals surface area contributed by atoms with Crippen LogP contribution in [0.3, 0.4) is 0 Å². The second kappa shape index (κ2) is 12.7. The first-order chi connectivity index (χ1) is 19.7. The Labute approximate surface area is 238 Å². The van der Waals surface area contributed by atoms with Crippen LogP contribution in [0.4, 0.5) is 10.5 Å². The molecule has 12 heteroatoms. The molecule has 0 atom stereocenters. The second-order valence-electron chi connectivity index (χ2n) is 9.16. The van der Waals surface area contributed by atoms with Crippen molar-refractivity contribution in [2.24, 2.45) is 0 Å². The van der Waals surface area contributed by atoms with Crippen molar-refractivity contribution < 1.29 is 23.1 Å². The zero-order valence-electron chi connectivity index (χ0n) is 23.0. The third-order valence-electron chi connectivity index (χ3n) is 6.46. The molecule has 0 aliphatic rings. The molecule has 0 fully saturated rings. The molecule has 2 heterocycles. The second-order valence-corrected chi connectivity index (χ2v) is 10.8. The van der Waals surface area contributed by atoms with Crippen LogP contribution in [0.1, 0.15) is 48.1 Å². The molecule has 41 heavy (non-hydrogen) atoms. The number of hydrogen-bond donors (Lipinski definition) is 3. The van der Waals surface area contributed by atoms with E-state index in [1.807, 2.05) is 18.3 Å². The lowest BCUT2D eigenvalue weighted by Gasteiger charge is -2.17. The minimum Gasteiger partial charge on any atom is -0.463 e. The summed E-state index contributed by atoms with van der Waals surface area (Å²) in [5.74, 6) is -0.516. The van der Waals surface area contributed by atoms with Gasteiger partial charge >= 0.3 is 6.09 Å². The van der Waals surface area contributed by atoms with Gasteiger partial charge in [0.15, 0.2) is 0 Å². The summed E-state index contributed by atoms with van der Waals surface area (Å²) in [6, 6.07) is 14.2. The lowest BCUT2D eigenvalue weighted by molar-refractivity contribution is 0.0952. The number of carboxylic acid groups (broad SMARTS) is 1. The molecule has 0 aliphatic heterocycles. The van der Waals surface area contributed by atoms with E-state index in [0.29, 0.717) is 23.3 Å². The van der Waals surface area contributed by atoms with Crippen LogP contribution in [0.15, 0.2) is 65.7 Å². The van der Waals surface area contributed by atoms with Gasteiger partial charge in [-0.25, -0.2) is 13.2 Å². The largest absolute Gasteiger partial charge is 0.463 e. The average molecular weight is 577 g/mol. The number of hydrogen-bond acceptors (Lipinski definition) is 7. The van der Waals surface area contributed by atoms with Crippen molar-refractivity contribution >= 4 is 50.8 Å². The number of aromatic nitrogens is 3. The van der Waals surface area contributed by atoms with E-state index in [1.165, 1.54) is 30.3 Å². The van der Waals surface area contributed by atoms with E-state index in [-0.39, 0.29) is 21.7 Å². The van der Waals surface area contributed by atoms with Crippen LogP contribution in [0.25, 0.3) is 23.1 Å². The Morgan fingerprint density at radius 1 is 1.02 bits per heavy atom. The lowest BCUT2D eigenvalue weighted by Crippen LogP contribution is -2.26. The number of pyridine rings is 1. The number of benzene rings is 2. The van der Waals surface area contributed by atoms with Crippen LogP contribution in [0.5, 0.6) is 0 Å². The summed E-state index contributed by atoms with van der Waals surface area (Å²) in [5, 5.41) is 17.1. The van der Waals surface area contributed by atoms with Gasteiger partial charge in [-0.3, -0.25) is 19.4 Å².